The van der Waals surface area contributed by atoms with Crippen LogP contribution >= 0.6 is 32.3 Å². The molecule has 0 N–H and O–H groups in total. The average Bonchev–Trinajstić information content (AvgIpc) is 2.10. The first-order chi connectivity index (χ1) is 5.91. The monoisotopic (exact) mass is 222 g/mol. The Bertz CT molecular complexity index is 102. The van der Waals surface area contributed by atoms with Crippen LogP contribution < -0.4 is 0 Å². The second-order valence-electron chi connectivity index (χ2n) is 2.63. The summed E-state index contributed by atoms with van der Waals surface area (Å²) in [6.07, 6.45) is 11.0. The molecule has 0 aliphatic heterocycles. The van der Waals surface area contributed by atoms with Crippen molar-refractivity contribution in [1.29, 1.82) is 0 Å². The number of hydrogen-bond acceptors (Lipinski definition) is 3. The number of hydrogen-bond donors (Lipinski definition) is 1. The Balaban J connectivity index is 2.86. The molecule has 0 nitrogen and oxygen atoms in total. The highest BCUT2D eigenvalue weighted by atomic mass is 33.5. The fourth-order valence-corrected chi connectivity index (χ4v) is 2.57. The molecule has 12 heavy (non-hydrogen) atoms. The highest BCUT2D eigenvalue weighted by Crippen LogP contribution is 2.25. The second kappa shape index (κ2) is 11.8. The average molecular weight is 222 g/mol. The van der Waals surface area contributed by atoms with Gasteiger partial charge in [0.15, 0.2) is 0 Å². The van der Waals surface area contributed by atoms with E-state index in [9.17, 15) is 0 Å². The van der Waals surface area contributed by atoms with Crippen molar-refractivity contribution in [1.82, 2.24) is 0 Å². The van der Waals surface area contributed by atoms with Gasteiger partial charge in [0, 0.05) is 5.75 Å². The SMILES string of the molecule is CCC=CCCCCCSSS. The number of allylic oxidation sites excluding steroid dienone is 2. The Kier molecular flexibility index (Phi) is 12.6. The molecule has 0 spiro atoms. The van der Waals surface area contributed by atoms with E-state index in [2.05, 4.69) is 30.7 Å². The maximum Gasteiger partial charge on any atom is 0.00450 e. The fraction of sp³-hybridized carbons (Fsp3) is 0.778. The van der Waals surface area contributed by atoms with Gasteiger partial charge in [-0.2, -0.15) is 0 Å². The van der Waals surface area contributed by atoms with Crippen LogP contribution in [-0.4, -0.2) is 5.75 Å². The lowest BCUT2D eigenvalue weighted by Crippen LogP contribution is -1.77. The Morgan fingerprint density at radius 1 is 1.17 bits per heavy atom. The van der Waals surface area contributed by atoms with Crippen LogP contribution in [0.2, 0.25) is 0 Å². The summed E-state index contributed by atoms with van der Waals surface area (Å²) in [7, 11) is 3.41. The molecule has 3 heteroatoms. The zero-order valence-electron chi connectivity index (χ0n) is 7.66. The first-order valence-electron chi connectivity index (χ1n) is 4.49. The van der Waals surface area contributed by atoms with Crippen molar-refractivity contribution in [3.63, 3.8) is 0 Å². The van der Waals surface area contributed by atoms with Gasteiger partial charge in [-0.05, 0) is 35.5 Å². The van der Waals surface area contributed by atoms with E-state index in [1.54, 1.807) is 9.83 Å². The van der Waals surface area contributed by atoms with Crippen molar-refractivity contribution < 1.29 is 0 Å². The van der Waals surface area contributed by atoms with Crippen LogP contribution in [0.25, 0.3) is 0 Å². The van der Waals surface area contributed by atoms with Crippen LogP contribution in [0.3, 0.4) is 0 Å². The minimum Gasteiger partial charge on any atom is -0.0997 e. The van der Waals surface area contributed by atoms with Gasteiger partial charge >= 0.3 is 0 Å². The highest BCUT2D eigenvalue weighted by Gasteiger charge is 1.88. The predicted molar refractivity (Wildman–Crippen MR) is 66.9 cm³/mol. The third kappa shape index (κ3) is 10.8. The van der Waals surface area contributed by atoms with Crippen molar-refractivity contribution in [3.8, 4) is 0 Å². The minimum atomic E-state index is 1.17. The summed E-state index contributed by atoms with van der Waals surface area (Å²) in [4.78, 5) is 0. The van der Waals surface area contributed by atoms with Crippen LogP contribution in [0.15, 0.2) is 12.2 Å². The van der Waals surface area contributed by atoms with Gasteiger partial charge in [0.1, 0.15) is 0 Å². The number of thiol groups is 1. The van der Waals surface area contributed by atoms with E-state index in [-0.39, 0.29) is 0 Å². The Morgan fingerprint density at radius 3 is 2.67 bits per heavy atom. The zero-order chi connectivity index (χ0) is 9.07. The third-order valence-corrected chi connectivity index (χ3v) is 3.88. The fourth-order valence-electron chi connectivity index (χ4n) is 0.922. The Hall–Kier alpha value is 0.790. The summed E-state index contributed by atoms with van der Waals surface area (Å²) in [5.74, 6) is 1.24. The smallest absolute Gasteiger partial charge is 0.00450 e. The molecule has 0 amide bonds. The lowest BCUT2D eigenvalue weighted by atomic mass is 10.2. The molecular weight excluding hydrogens is 204 g/mol. The summed E-state index contributed by atoms with van der Waals surface area (Å²) in [5.41, 5.74) is 0. The van der Waals surface area contributed by atoms with Gasteiger partial charge in [-0.25, -0.2) is 0 Å². The zero-order valence-corrected chi connectivity index (χ0v) is 10.2. The molecule has 0 aromatic rings. The number of rotatable bonds is 8. The van der Waals surface area contributed by atoms with Gasteiger partial charge in [-0.3, -0.25) is 0 Å². The van der Waals surface area contributed by atoms with Crippen LogP contribution in [-0.2, 0) is 0 Å². The van der Waals surface area contributed by atoms with E-state index in [1.165, 1.54) is 37.9 Å². The van der Waals surface area contributed by atoms with Gasteiger partial charge in [0.05, 0.1) is 0 Å². The molecule has 0 unspecified atom stereocenters. The van der Waals surface area contributed by atoms with E-state index in [1.807, 2.05) is 10.8 Å². The second-order valence-corrected chi connectivity index (χ2v) is 5.91. The van der Waals surface area contributed by atoms with Crippen molar-refractivity contribution >= 4 is 32.3 Å². The normalized spacial score (nSPS) is 11.2. The van der Waals surface area contributed by atoms with E-state index in [4.69, 9.17) is 0 Å². The van der Waals surface area contributed by atoms with Gasteiger partial charge in [0.25, 0.3) is 0 Å². The standard InChI is InChI=1S/C9H18S3/c1-2-3-4-5-6-7-8-9-11-12-10/h3-4,10H,2,5-9H2,1H3. The molecule has 0 saturated carbocycles. The first-order valence-corrected chi connectivity index (χ1v) is 7.87. The molecule has 0 fully saturated rings. The molecule has 0 rings (SSSR count). The van der Waals surface area contributed by atoms with Crippen molar-refractivity contribution in [3.05, 3.63) is 12.2 Å². The van der Waals surface area contributed by atoms with Crippen molar-refractivity contribution in [2.45, 2.75) is 39.0 Å². The van der Waals surface area contributed by atoms with Gasteiger partial charge in [-0.15, -0.1) is 0 Å². The summed E-state index contributed by atoms with van der Waals surface area (Å²) >= 11 is 4.06. The molecule has 0 saturated heterocycles. The maximum absolute atomic E-state index is 4.06. The molecule has 0 radical (unpaired) electrons. The van der Waals surface area contributed by atoms with Crippen LogP contribution in [0.5, 0.6) is 0 Å². The van der Waals surface area contributed by atoms with Gasteiger partial charge < -0.3 is 0 Å². The van der Waals surface area contributed by atoms with Crippen LogP contribution in [0, 0.1) is 0 Å². The molecule has 72 valence electrons. The highest BCUT2D eigenvalue weighted by molar-refractivity contribution is 9.05. The maximum atomic E-state index is 4.06. The molecule has 0 heterocycles. The molecule has 0 aromatic carbocycles. The predicted octanol–water partition coefficient (Wildman–Crippen LogP) is 4.74. The lowest BCUT2D eigenvalue weighted by molar-refractivity contribution is 0.734. The van der Waals surface area contributed by atoms with Crippen LogP contribution in [0.1, 0.15) is 39.0 Å². The van der Waals surface area contributed by atoms with Crippen LogP contribution in [0.4, 0.5) is 0 Å². The molecule has 0 bridgehead atoms. The van der Waals surface area contributed by atoms with Crippen molar-refractivity contribution in [2.24, 2.45) is 0 Å². The summed E-state index contributed by atoms with van der Waals surface area (Å²) in [5, 5.41) is 0. The largest absolute Gasteiger partial charge is 0.0997 e. The van der Waals surface area contributed by atoms with E-state index in [0.717, 1.165) is 0 Å². The van der Waals surface area contributed by atoms with Gasteiger partial charge in [-0.1, -0.05) is 48.0 Å². The summed E-state index contributed by atoms with van der Waals surface area (Å²) in [6, 6.07) is 0. The van der Waals surface area contributed by atoms with E-state index in [0.29, 0.717) is 0 Å². The van der Waals surface area contributed by atoms with Gasteiger partial charge in [0.2, 0.25) is 0 Å². The third-order valence-electron chi connectivity index (χ3n) is 1.55. The Morgan fingerprint density at radius 2 is 2.00 bits per heavy atom. The summed E-state index contributed by atoms with van der Waals surface area (Å²) in [6.45, 7) is 2.18. The molecule has 0 aliphatic rings. The molecule has 0 atom stereocenters. The topological polar surface area (TPSA) is 0 Å². The molecule has 0 aliphatic carbocycles. The lowest BCUT2D eigenvalue weighted by Gasteiger charge is -1.96. The summed E-state index contributed by atoms with van der Waals surface area (Å²) < 4.78 is 0. The molecular formula is C9H18S3. The molecule has 0 aromatic heterocycles. The van der Waals surface area contributed by atoms with Crippen molar-refractivity contribution in [2.75, 3.05) is 5.75 Å². The number of unbranched alkanes of at least 4 members (excludes halogenated alkanes) is 3. The van der Waals surface area contributed by atoms with E-state index >= 15 is 0 Å². The first kappa shape index (κ1) is 12.8. The quantitative estimate of drug-likeness (QED) is 0.273. The Labute approximate surface area is 89.2 Å². The minimum absolute atomic E-state index is 1.17. The van der Waals surface area contributed by atoms with E-state index < -0.39 is 0 Å².